The van der Waals surface area contributed by atoms with Crippen molar-refractivity contribution in [1.82, 2.24) is 10.3 Å². The molecule has 0 bridgehead atoms. The first-order valence-electron chi connectivity index (χ1n) is 6.45. The highest BCUT2D eigenvalue weighted by Crippen LogP contribution is 2.30. The Morgan fingerprint density at radius 3 is 2.94 bits per heavy atom. The highest BCUT2D eigenvalue weighted by molar-refractivity contribution is 4.93. The van der Waals surface area contributed by atoms with Gasteiger partial charge >= 0.3 is 0 Å². The second kappa shape index (κ2) is 5.48. The van der Waals surface area contributed by atoms with Gasteiger partial charge in [0.1, 0.15) is 5.76 Å². The summed E-state index contributed by atoms with van der Waals surface area (Å²) in [6, 6.07) is 0.572. The number of rotatable bonds is 6. The van der Waals surface area contributed by atoms with Gasteiger partial charge in [0.2, 0.25) is 5.89 Å². The normalized spacial score (nSPS) is 18.4. The SMILES string of the molecule is CCc1cnc(CNC(C)CC2CCC2)o1. The smallest absolute Gasteiger partial charge is 0.208 e. The molecule has 2 rings (SSSR count). The molecule has 0 saturated heterocycles. The van der Waals surface area contributed by atoms with Gasteiger partial charge in [0.25, 0.3) is 0 Å². The fourth-order valence-electron chi connectivity index (χ4n) is 2.17. The van der Waals surface area contributed by atoms with E-state index in [1.54, 1.807) is 0 Å². The molecule has 1 aliphatic carbocycles. The fourth-order valence-corrected chi connectivity index (χ4v) is 2.17. The molecule has 90 valence electrons. The highest BCUT2D eigenvalue weighted by atomic mass is 16.4. The molecule has 1 N–H and O–H groups in total. The van der Waals surface area contributed by atoms with Gasteiger partial charge in [0.15, 0.2) is 0 Å². The van der Waals surface area contributed by atoms with Crippen LogP contribution in [0.3, 0.4) is 0 Å². The van der Waals surface area contributed by atoms with Gasteiger partial charge in [-0.3, -0.25) is 0 Å². The third-order valence-corrected chi connectivity index (χ3v) is 3.46. The number of aryl methyl sites for hydroxylation is 1. The van der Waals surface area contributed by atoms with Gasteiger partial charge in [-0.2, -0.15) is 0 Å². The number of aromatic nitrogens is 1. The maximum absolute atomic E-state index is 5.55. The van der Waals surface area contributed by atoms with Crippen molar-refractivity contribution >= 4 is 0 Å². The summed E-state index contributed by atoms with van der Waals surface area (Å²) < 4.78 is 5.55. The van der Waals surface area contributed by atoms with Crippen LogP contribution in [0.5, 0.6) is 0 Å². The van der Waals surface area contributed by atoms with Crippen molar-refractivity contribution in [2.45, 2.75) is 58.5 Å². The van der Waals surface area contributed by atoms with Crippen molar-refractivity contribution in [3.8, 4) is 0 Å². The Morgan fingerprint density at radius 2 is 2.38 bits per heavy atom. The molecule has 0 radical (unpaired) electrons. The second-order valence-corrected chi connectivity index (χ2v) is 4.89. The molecule has 1 atom stereocenters. The lowest BCUT2D eigenvalue weighted by Gasteiger charge is -2.28. The largest absolute Gasteiger partial charge is 0.444 e. The first-order valence-corrected chi connectivity index (χ1v) is 6.45. The predicted molar refractivity (Wildman–Crippen MR) is 64.1 cm³/mol. The average molecular weight is 222 g/mol. The van der Waals surface area contributed by atoms with Crippen molar-refractivity contribution < 1.29 is 4.42 Å². The lowest BCUT2D eigenvalue weighted by Crippen LogP contribution is -2.29. The lowest BCUT2D eigenvalue weighted by molar-refractivity contribution is 0.262. The number of hydrogen-bond donors (Lipinski definition) is 1. The quantitative estimate of drug-likeness (QED) is 0.804. The number of oxazole rings is 1. The molecule has 1 fully saturated rings. The van der Waals surface area contributed by atoms with E-state index in [2.05, 4.69) is 24.1 Å². The third-order valence-electron chi connectivity index (χ3n) is 3.46. The molecular formula is C13H22N2O. The topological polar surface area (TPSA) is 38.1 Å². The molecule has 1 heterocycles. The Balaban J connectivity index is 1.69. The van der Waals surface area contributed by atoms with Crippen molar-refractivity contribution in [3.05, 3.63) is 17.8 Å². The van der Waals surface area contributed by atoms with Crippen LogP contribution in [0.25, 0.3) is 0 Å². The zero-order valence-corrected chi connectivity index (χ0v) is 10.3. The number of nitrogens with one attached hydrogen (secondary N) is 1. The van der Waals surface area contributed by atoms with Crippen LogP contribution in [0.1, 0.15) is 51.2 Å². The van der Waals surface area contributed by atoms with Crippen molar-refractivity contribution in [1.29, 1.82) is 0 Å². The van der Waals surface area contributed by atoms with Gasteiger partial charge in [0.05, 0.1) is 12.7 Å². The Labute approximate surface area is 97.6 Å². The fraction of sp³-hybridized carbons (Fsp3) is 0.769. The van der Waals surface area contributed by atoms with Crippen LogP contribution in [-0.2, 0) is 13.0 Å². The van der Waals surface area contributed by atoms with E-state index in [4.69, 9.17) is 4.42 Å². The molecule has 1 unspecified atom stereocenters. The van der Waals surface area contributed by atoms with Gasteiger partial charge in [-0.25, -0.2) is 4.98 Å². The summed E-state index contributed by atoms with van der Waals surface area (Å²) in [7, 11) is 0. The molecule has 3 nitrogen and oxygen atoms in total. The number of nitrogens with zero attached hydrogens (tertiary/aromatic N) is 1. The maximum Gasteiger partial charge on any atom is 0.208 e. The van der Waals surface area contributed by atoms with Gasteiger partial charge in [-0.15, -0.1) is 0 Å². The average Bonchev–Trinajstić information content (AvgIpc) is 2.68. The molecule has 1 aromatic heterocycles. The van der Waals surface area contributed by atoms with E-state index >= 15 is 0 Å². The van der Waals surface area contributed by atoms with Crippen molar-refractivity contribution in [2.24, 2.45) is 5.92 Å². The summed E-state index contributed by atoms with van der Waals surface area (Å²) in [6.45, 7) is 5.09. The Hall–Kier alpha value is -0.830. The van der Waals surface area contributed by atoms with Crippen LogP contribution in [0.4, 0.5) is 0 Å². The van der Waals surface area contributed by atoms with E-state index in [1.807, 2.05) is 6.20 Å². The molecule has 16 heavy (non-hydrogen) atoms. The van der Waals surface area contributed by atoms with Gasteiger partial charge in [0, 0.05) is 12.5 Å². The second-order valence-electron chi connectivity index (χ2n) is 4.89. The van der Waals surface area contributed by atoms with E-state index in [0.29, 0.717) is 6.04 Å². The van der Waals surface area contributed by atoms with Crippen LogP contribution in [0, 0.1) is 5.92 Å². The van der Waals surface area contributed by atoms with Crippen molar-refractivity contribution in [3.63, 3.8) is 0 Å². The molecule has 1 aliphatic rings. The summed E-state index contributed by atoms with van der Waals surface area (Å²) in [6.07, 6.45) is 8.31. The first kappa shape index (κ1) is 11.6. The molecule has 1 saturated carbocycles. The van der Waals surface area contributed by atoms with Gasteiger partial charge < -0.3 is 9.73 Å². The van der Waals surface area contributed by atoms with Gasteiger partial charge in [-0.05, 0) is 19.3 Å². The molecule has 0 spiro atoms. The molecule has 0 amide bonds. The van der Waals surface area contributed by atoms with Crippen LogP contribution < -0.4 is 5.32 Å². The zero-order chi connectivity index (χ0) is 11.4. The highest BCUT2D eigenvalue weighted by Gasteiger charge is 2.19. The monoisotopic (exact) mass is 222 g/mol. The third kappa shape index (κ3) is 3.08. The molecule has 0 aromatic carbocycles. The van der Waals surface area contributed by atoms with Crippen LogP contribution in [-0.4, -0.2) is 11.0 Å². The van der Waals surface area contributed by atoms with E-state index in [0.717, 1.165) is 30.5 Å². The Bertz CT molecular complexity index is 317. The van der Waals surface area contributed by atoms with Crippen molar-refractivity contribution in [2.75, 3.05) is 0 Å². The molecule has 0 aliphatic heterocycles. The van der Waals surface area contributed by atoms with Gasteiger partial charge in [-0.1, -0.05) is 26.2 Å². The molecule has 3 heteroatoms. The lowest BCUT2D eigenvalue weighted by atomic mass is 9.81. The number of hydrogen-bond acceptors (Lipinski definition) is 3. The zero-order valence-electron chi connectivity index (χ0n) is 10.3. The van der Waals surface area contributed by atoms with Crippen LogP contribution >= 0.6 is 0 Å². The minimum atomic E-state index is 0.572. The minimum absolute atomic E-state index is 0.572. The first-order chi connectivity index (χ1) is 7.78. The van der Waals surface area contributed by atoms with Crippen LogP contribution in [0.2, 0.25) is 0 Å². The van der Waals surface area contributed by atoms with E-state index in [-0.39, 0.29) is 0 Å². The maximum atomic E-state index is 5.55. The molecular weight excluding hydrogens is 200 g/mol. The van der Waals surface area contributed by atoms with E-state index < -0.39 is 0 Å². The summed E-state index contributed by atoms with van der Waals surface area (Å²) in [5.74, 6) is 2.75. The molecule has 1 aromatic rings. The van der Waals surface area contributed by atoms with E-state index in [9.17, 15) is 0 Å². The Morgan fingerprint density at radius 1 is 1.56 bits per heavy atom. The Kier molecular flexibility index (Phi) is 3.99. The summed E-state index contributed by atoms with van der Waals surface area (Å²) in [5, 5.41) is 3.48. The van der Waals surface area contributed by atoms with E-state index in [1.165, 1.54) is 25.7 Å². The minimum Gasteiger partial charge on any atom is -0.444 e. The predicted octanol–water partition coefficient (Wildman–Crippen LogP) is 2.91. The van der Waals surface area contributed by atoms with Crippen LogP contribution in [0.15, 0.2) is 10.6 Å². The summed E-state index contributed by atoms with van der Waals surface area (Å²) >= 11 is 0. The standard InChI is InChI=1S/C13H22N2O/c1-3-12-8-15-13(16-12)9-14-10(2)7-11-5-4-6-11/h8,10-11,14H,3-7,9H2,1-2H3. The summed E-state index contributed by atoms with van der Waals surface area (Å²) in [4.78, 5) is 4.24. The summed E-state index contributed by atoms with van der Waals surface area (Å²) in [5.41, 5.74) is 0.